The number of aromatic amines is 1. The second kappa shape index (κ2) is 11.8. The first-order valence-corrected chi connectivity index (χ1v) is 16.4. The van der Waals surface area contributed by atoms with E-state index in [0.29, 0.717) is 75.8 Å². The molecule has 254 valence electrons. The van der Waals surface area contributed by atoms with E-state index in [4.69, 9.17) is 4.98 Å². The highest BCUT2D eigenvalue weighted by Crippen LogP contribution is 2.44. The first-order chi connectivity index (χ1) is 23.4. The van der Waals surface area contributed by atoms with Gasteiger partial charge in [0, 0.05) is 47.6 Å². The van der Waals surface area contributed by atoms with E-state index >= 15 is 8.78 Å². The molecule has 5 heterocycles. The maximum atomic E-state index is 17.2. The van der Waals surface area contributed by atoms with Crippen LogP contribution in [-0.4, -0.2) is 90.7 Å². The molecule has 2 aliphatic heterocycles. The van der Waals surface area contributed by atoms with Gasteiger partial charge in [0.05, 0.1) is 35.8 Å². The average molecular weight is 671 g/mol. The molecule has 0 saturated carbocycles. The third-order valence-electron chi connectivity index (χ3n) is 10.6. The fraction of sp³-hybridized carbons (Fsp3) is 0.429. The number of nitriles is 1. The molecule has 1 N–H and O–H groups in total. The van der Waals surface area contributed by atoms with Gasteiger partial charge < -0.3 is 9.80 Å². The van der Waals surface area contributed by atoms with Crippen LogP contribution in [0, 0.1) is 36.8 Å². The molecule has 2 aromatic carbocycles. The van der Waals surface area contributed by atoms with Crippen LogP contribution < -0.4 is 4.90 Å². The highest BCUT2D eigenvalue weighted by Gasteiger charge is 2.44. The summed E-state index contributed by atoms with van der Waals surface area (Å²) in [4.78, 5) is 23.2. The number of nitrogens with one attached hydrogen (secondary N) is 1. The number of amides is 1. The summed E-state index contributed by atoms with van der Waals surface area (Å²) in [5.74, 6) is -2.50. The Morgan fingerprint density at radius 1 is 1.20 bits per heavy atom. The third-order valence-corrected chi connectivity index (χ3v) is 10.6. The SMILES string of the molecule is C=C(F)C(=O)N1CC[C@H](n2nnc3c(N4CC(C)(N(C)CC)C4)nc4c(F)c(-c5c(C)c(F)cc6[nH]ncc56)c(C)cc4c32)C[C@H]1CC#N. The molecule has 0 radical (unpaired) electrons. The first-order valence-electron chi connectivity index (χ1n) is 16.4. The Balaban J connectivity index is 1.44. The quantitative estimate of drug-likeness (QED) is 0.213. The van der Waals surface area contributed by atoms with Crippen molar-refractivity contribution in [1.29, 1.82) is 5.26 Å². The molecule has 11 nitrogen and oxygen atoms in total. The molecular weight excluding hydrogens is 633 g/mol. The Morgan fingerprint density at radius 3 is 2.65 bits per heavy atom. The second-order valence-corrected chi connectivity index (χ2v) is 13.6. The highest BCUT2D eigenvalue weighted by molar-refractivity contribution is 6.09. The van der Waals surface area contributed by atoms with Crippen LogP contribution in [-0.2, 0) is 4.79 Å². The van der Waals surface area contributed by atoms with Crippen molar-refractivity contribution < 1.29 is 18.0 Å². The summed E-state index contributed by atoms with van der Waals surface area (Å²) in [7, 11) is 2.07. The van der Waals surface area contributed by atoms with Crippen molar-refractivity contribution >= 4 is 44.6 Å². The van der Waals surface area contributed by atoms with Gasteiger partial charge in [-0.2, -0.15) is 10.4 Å². The molecule has 2 atom stereocenters. The number of nitrogens with zero attached hydrogens (tertiary/aromatic N) is 9. The average Bonchev–Trinajstić information content (AvgIpc) is 3.72. The topological polar surface area (TPSA) is 123 Å². The van der Waals surface area contributed by atoms with Crippen LogP contribution in [0.15, 0.2) is 30.7 Å². The van der Waals surface area contributed by atoms with Gasteiger partial charge in [-0.25, -0.2) is 22.8 Å². The molecule has 2 aliphatic rings. The monoisotopic (exact) mass is 670 g/mol. The lowest BCUT2D eigenvalue weighted by molar-refractivity contribution is -0.132. The number of hydrogen-bond donors (Lipinski definition) is 1. The highest BCUT2D eigenvalue weighted by atomic mass is 19.1. The van der Waals surface area contributed by atoms with Gasteiger partial charge in [0.15, 0.2) is 23.0 Å². The molecule has 5 aromatic rings. The van der Waals surface area contributed by atoms with Gasteiger partial charge in [-0.15, -0.1) is 5.10 Å². The van der Waals surface area contributed by atoms with Crippen molar-refractivity contribution in [3.63, 3.8) is 0 Å². The van der Waals surface area contributed by atoms with Crippen LogP contribution in [0.2, 0.25) is 0 Å². The van der Waals surface area contributed by atoms with E-state index in [0.717, 1.165) is 6.54 Å². The Kier molecular flexibility index (Phi) is 7.85. The lowest BCUT2D eigenvalue weighted by atomic mass is 9.89. The zero-order valence-electron chi connectivity index (χ0n) is 28.1. The lowest BCUT2D eigenvalue weighted by Crippen LogP contribution is -2.68. The summed E-state index contributed by atoms with van der Waals surface area (Å²) in [6.45, 7) is 13.1. The number of aryl methyl sites for hydroxylation is 1. The van der Waals surface area contributed by atoms with Crippen LogP contribution in [0.1, 0.15) is 50.3 Å². The van der Waals surface area contributed by atoms with Crippen molar-refractivity contribution in [1.82, 2.24) is 40.0 Å². The Hall–Kier alpha value is -5.03. The third kappa shape index (κ3) is 5.01. The van der Waals surface area contributed by atoms with Gasteiger partial charge in [0.2, 0.25) is 0 Å². The first kappa shape index (κ1) is 32.5. The van der Waals surface area contributed by atoms with Crippen molar-refractivity contribution in [2.45, 2.75) is 64.6 Å². The van der Waals surface area contributed by atoms with Crippen molar-refractivity contribution in [2.24, 2.45) is 0 Å². The largest absolute Gasteiger partial charge is 0.351 e. The molecule has 3 aromatic heterocycles. The van der Waals surface area contributed by atoms with Crippen LogP contribution in [0.4, 0.5) is 19.0 Å². The van der Waals surface area contributed by atoms with E-state index in [9.17, 15) is 14.4 Å². The van der Waals surface area contributed by atoms with Crippen LogP contribution >= 0.6 is 0 Å². The number of likely N-dealkylation sites (tertiary alicyclic amines) is 1. The lowest BCUT2D eigenvalue weighted by Gasteiger charge is -2.53. The molecule has 2 fully saturated rings. The summed E-state index contributed by atoms with van der Waals surface area (Å²) in [5, 5.41) is 26.7. The number of pyridine rings is 1. The van der Waals surface area contributed by atoms with Gasteiger partial charge in [0.1, 0.15) is 16.9 Å². The van der Waals surface area contributed by atoms with Gasteiger partial charge >= 0.3 is 0 Å². The number of aromatic nitrogens is 6. The van der Waals surface area contributed by atoms with E-state index < -0.39 is 29.4 Å². The fourth-order valence-electron chi connectivity index (χ4n) is 7.70. The molecule has 0 unspecified atom stereocenters. The predicted molar refractivity (Wildman–Crippen MR) is 180 cm³/mol. The normalized spacial score (nSPS) is 19.2. The minimum atomic E-state index is -1.08. The molecule has 7 rings (SSSR count). The van der Waals surface area contributed by atoms with Crippen molar-refractivity contribution in [2.75, 3.05) is 38.1 Å². The number of rotatable bonds is 7. The zero-order chi connectivity index (χ0) is 34.9. The summed E-state index contributed by atoms with van der Waals surface area (Å²) in [5.41, 5.74) is 3.01. The number of anilines is 1. The van der Waals surface area contributed by atoms with Gasteiger partial charge in [-0.3, -0.25) is 14.8 Å². The maximum absolute atomic E-state index is 17.2. The molecule has 0 spiro atoms. The number of carbonyl (C=O) groups excluding carboxylic acids is 1. The Morgan fingerprint density at radius 2 is 1.96 bits per heavy atom. The minimum Gasteiger partial charge on any atom is -0.351 e. The van der Waals surface area contributed by atoms with Crippen molar-refractivity contribution in [3.8, 4) is 17.2 Å². The molecule has 14 heteroatoms. The van der Waals surface area contributed by atoms with E-state index in [-0.39, 0.29) is 35.6 Å². The van der Waals surface area contributed by atoms with Gasteiger partial charge in [0.25, 0.3) is 5.91 Å². The van der Waals surface area contributed by atoms with Gasteiger partial charge in [-0.05, 0) is 70.5 Å². The summed E-state index contributed by atoms with van der Waals surface area (Å²) < 4.78 is 48.1. The number of fused-ring (bicyclic) bond motifs is 4. The smallest absolute Gasteiger partial charge is 0.282 e. The zero-order valence-corrected chi connectivity index (χ0v) is 28.1. The van der Waals surface area contributed by atoms with E-state index in [1.807, 2.05) is 6.07 Å². The summed E-state index contributed by atoms with van der Waals surface area (Å²) in [6, 6.07) is 4.41. The van der Waals surface area contributed by atoms with Crippen LogP contribution in [0.25, 0.3) is 44.0 Å². The molecule has 0 aliphatic carbocycles. The molecule has 49 heavy (non-hydrogen) atoms. The van der Waals surface area contributed by atoms with Gasteiger partial charge in [-0.1, -0.05) is 18.7 Å². The number of likely N-dealkylation sites (N-methyl/N-ethyl adjacent to an activating group) is 1. The van der Waals surface area contributed by atoms with Crippen molar-refractivity contribution in [3.05, 3.63) is 53.5 Å². The number of benzene rings is 2. The minimum absolute atomic E-state index is 0.000422. The summed E-state index contributed by atoms with van der Waals surface area (Å²) >= 11 is 0. The number of piperidine rings is 1. The molecular formula is C35H37F3N10O. The number of hydrogen-bond acceptors (Lipinski definition) is 8. The molecule has 2 saturated heterocycles. The van der Waals surface area contributed by atoms with E-state index in [1.165, 1.54) is 11.0 Å². The number of carbonyl (C=O) groups is 1. The second-order valence-electron chi connectivity index (χ2n) is 13.6. The fourth-order valence-corrected chi connectivity index (χ4v) is 7.70. The standard InChI is InChI=1S/C35H37F3N10O/c1-7-45(6)35(5)16-46(17-35)33-31-32(48(44-43-31)22-9-11-47(34(49)20(4)36)21(13-22)8-10-39)23-12-18(2)27(29(38)30(23)41-33)28-19(3)25(37)14-26-24(28)15-40-42-26/h12,14-15,21-22H,4,7-9,11,13,16-17H2,1-3,5-6H3,(H,40,42)/t21-,22+/m1/s1. The number of H-pyrrole nitrogens is 1. The Bertz CT molecular complexity index is 2210. The maximum Gasteiger partial charge on any atom is 0.282 e. The summed E-state index contributed by atoms with van der Waals surface area (Å²) in [6.07, 6.45) is 2.29. The van der Waals surface area contributed by atoms with Crippen LogP contribution in [0.3, 0.4) is 0 Å². The molecule has 1 amide bonds. The van der Waals surface area contributed by atoms with E-state index in [2.05, 4.69) is 63.9 Å². The molecule has 0 bridgehead atoms. The Labute approximate surface area is 281 Å². The number of halogens is 3. The predicted octanol–water partition coefficient (Wildman–Crippen LogP) is 5.88. The van der Waals surface area contributed by atoms with Crippen LogP contribution in [0.5, 0.6) is 0 Å². The van der Waals surface area contributed by atoms with E-state index in [1.54, 1.807) is 24.7 Å².